The molecule has 5 nitrogen and oxygen atoms in total. The molecule has 0 aromatic heterocycles. The van der Waals surface area contributed by atoms with Crippen LogP contribution in [-0.2, 0) is 16.0 Å². The molecule has 1 aromatic rings. The minimum absolute atomic E-state index is 0. The molecule has 0 bridgehead atoms. The van der Waals surface area contributed by atoms with Crippen molar-refractivity contribution in [3.8, 4) is 0 Å². The van der Waals surface area contributed by atoms with Gasteiger partial charge in [0.1, 0.15) is 6.04 Å². The molecule has 0 saturated carbocycles. The van der Waals surface area contributed by atoms with Crippen LogP contribution < -0.4 is 5.32 Å². The van der Waals surface area contributed by atoms with E-state index in [1.807, 2.05) is 6.07 Å². The summed E-state index contributed by atoms with van der Waals surface area (Å²) in [5, 5.41) is 21.0. The van der Waals surface area contributed by atoms with Crippen LogP contribution in [-0.4, -0.2) is 34.7 Å². The third-order valence-electron chi connectivity index (χ3n) is 4.31. The number of benzene rings is 1. The highest BCUT2D eigenvalue weighted by atomic mass is 79.9. The van der Waals surface area contributed by atoms with Crippen LogP contribution >= 0.6 is 17.0 Å². The Labute approximate surface area is 167 Å². The van der Waals surface area contributed by atoms with Crippen LogP contribution in [0.1, 0.15) is 63.4 Å². The standard InChI is InChI=1S/C20H31NO4.BrH/c22-19(23)15-9-2-1-8-14-18(20(24)25)21-16-10-4-7-13-17-11-5-3-6-12-17;/h3,5-6,11-12,18,21H,1-2,4,7-10,13-16H2,(H,22,23)(H,24,25);1H. The number of aliphatic carboxylic acids is 2. The second-order valence-electron chi connectivity index (χ2n) is 6.49. The minimum Gasteiger partial charge on any atom is -0.481 e. The molecule has 0 aliphatic heterocycles. The van der Waals surface area contributed by atoms with E-state index >= 15 is 0 Å². The van der Waals surface area contributed by atoms with Crippen LogP contribution in [0.25, 0.3) is 0 Å². The number of carboxylic acid groups (broad SMARTS) is 2. The first-order chi connectivity index (χ1) is 12.1. The SMILES string of the molecule is Br.O=C(O)CCCCCCC(NCCCCCc1ccccc1)C(=O)O. The number of halogens is 1. The topological polar surface area (TPSA) is 86.6 Å². The van der Waals surface area contributed by atoms with Gasteiger partial charge in [-0.25, -0.2) is 0 Å². The lowest BCUT2D eigenvalue weighted by atomic mass is 10.1. The third kappa shape index (κ3) is 12.9. The summed E-state index contributed by atoms with van der Waals surface area (Å²) in [6.07, 6.45) is 8.27. The van der Waals surface area contributed by atoms with Gasteiger partial charge in [0.2, 0.25) is 0 Å². The van der Waals surface area contributed by atoms with Gasteiger partial charge in [0.25, 0.3) is 0 Å². The third-order valence-corrected chi connectivity index (χ3v) is 4.31. The van der Waals surface area contributed by atoms with Crippen molar-refractivity contribution in [1.82, 2.24) is 5.32 Å². The maximum Gasteiger partial charge on any atom is 0.320 e. The highest BCUT2D eigenvalue weighted by Gasteiger charge is 2.15. The van der Waals surface area contributed by atoms with Gasteiger partial charge >= 0.3 is 11.9 Å². The second-order valence-corrected chi connectivity index (χ2v) is 6.49. The Bertz CT molecular complexity index is 496. The average molecular weight is 430 g/mol. The van der Waals surface area contributed by atoms with Crippen LogP contribution in [0.3, 0.4) is 0 Å². The van der Waals surface area contributed by atoms with E-state index in [4.69, 9.17) is 5.11 Å². The fourth-order valence-electron chi connectivity index (χ4n) is 2.84. The fraction of sp³-hybridized carbons (Fsp3) is 0.600. The van der Waals surface area contributed by atoms with Crippen molar-refractivity contribution in [3.63, 3.8) is 0 Å². The Hall–Kier alpha value is -1.40. The summed E-state index contributed by atoms with van der Waals surface area (Å²) in [5.74, 6) is -1.56. The molecule has 0 saturated heterocycles. The van der Waals surface area contributed by atoms with Gasteiger partial charge in [0.15, 0.2) is 0 Å². The summed E-state index contributed by atoms with van der Waals surface area (Å²) < 4.78 is 0. The van der Waals surface area contributed by atoms with Crippen LogP contribution in [0.4, 0.5) is 0 Å². The number of unbranched alkanes of at least 4 members (excludes halogenated alkanes) is 5. The Balaban J connectivity index is 0.00000625. The lowest BCUT2D eigenvalue weighted by molar-refractivity contribution is -0.140. The number of hydrogen-bond acceptors (Lipinski definition) is 3. The predicted molar refractivity (Wildman–Crippen MR) is 109 cm³/mol. The number of carbonyl (C=O) groups is 2. The van der Waals surface area contributed by atoms with Gasteiger partial charge in [-0.05, 0) is 44.2 Å². The zero-order valence-electron chi connectivity index (χ0n) is 15.4. The van der Waals surface area contributed by atoms with Crippen LogP contribution in [0.5, 0.6) is 0 Å². The van der Waals surface area contributed by atoms with Gasteiger partial charge in [0, 0.05) is 6.42 Å². The largest absolute Gasteiger partial charge is 0.481 e. The Morgan fingerprint density at radius 2 is 1.54 bits per heavy atom. The quantitative estimate of drug-likeness (QED) is 0.358. The summed E-state index contributed by atoms with van der Waals surface area (Å²) in [5.41, 5.74) is 1.35. The van der Waals surface area contributed by atoms with Crippen molar-refractivity contribution >= 4 is 28.9 Å². The zero-order valence-corrected chi connectivity index (χ0v) is 17.1. The summed E-state index contributed by atoms with van der Waals surface area (Å²) in [6.45, 7) is 0.727. The van der Waals surface area contributed by atoms with E-state index in [-0.39, 0.29) is 23.4 Å². The molecule has 26 heavy (non-hydrogen) atoms. The van der Waals surface area contributed by atoms with Crippen LogP contribution in [0.2, 0.25) is 0 Å². The lowest BCUT2D eigenvalue weighted by Crippen LogP contribution is -2.37. The van der Waals surface area contributed by atoms with E-state index < -0.39 is 18.0 Å². The molecule has 0 spiro atoms. The molecule has 0 radical (unpaired) electrons. The zero-order chi connectivity index (χ0) is 18.3. The van der Waals surface area contributed by atoms with Crippen LogP contribution in [0, 0.1) is 0 Å². The van der Waals surface area contributed by atoms with Crippen molar-refractivity contribution in [1.29, 1.82) is 0 Å². The molecule has 0 amide bonds. The highest BCUT2D eigenvalue weighted by molar-refractivity contribution is 8.93. The van der Waals surface area contributed by atoms with E-state index in [1.54, 1.807) is 0 Å². The maximum absolute atomic E-state index is 11.3. The molecule has 1 unspecified atom stereocenters. The molecule has 3 N–H and O–H groups in total. The Morgan fingerprint density at radius 3 is 2.19 bits per heavy atom. The van der Waals surface area contributed by atoms with Gasteiger partial charge in [-0.1, -0.05) is 56.0 Å². The average Bonchev–Trinajstić information content (AvgIpc) is 2.59. The molecular formula is C20H32BrNO4. The van der Waals surface area contributed by atoms with E-state index in [0.717, 1.165) is 51.5 Å². The smallest absolute Gasteiger partial charge is 0.320 e. The van der Waals surface area contributed by atoms with Crippen molar-refractivity contribution in [2.45, 2.75) is 70.3 Å². The molecule has 0 fully saturated rings. The first kappa shape index (κ1) is 24.6. The van der Waals surface area contributed by atoms with Gasteiger partial charge in [0.05, 0.1) is 0 Å². The van der Waals surface area contributed by atoms with Crippen molar-refractivity contribution < 1.29 is 19.8 Å². The van der Waals surface area contributed by atoms with E-state index in [2.05, 4.69) is 29.6 Å². The van der Waals surface area contributed by atoms with Crippen molar-refractivity contribution in [2.75, 3.05) is 6.54 Å². The van der Waals surface area contributed by atoms with Gasteiger partial charge in [-0.15, -0.1) is 17.0 Å². The Kier molecular flexibility index (Phi) is 15.0. The van der Waals surface area contributed by atoms with E-state index in [0.29, 0.717) is 12.8 Å². The van der Waals surface area contributed by atoms with E-state index in [9.17, 15) is 14.7 Å². The molecule has 0 aliphatic rings. The number of hydrogen-bond donors (Lipinski definition) is 3. The van der Waals surface area contributed by atoms with E-state index in [1.165, 1.54) is 5.56 Å². The number of nitrogens with one attached hydrogen (secondary N) is 1. The molecule has 1 atom stereocenters. The Morgan fingerprint density at radius 1 is 0.885 bits per heavy atom. The van der Waals surface area contributed by atoms with Crippen molar-refractivity contribution in [2.24, 2.45) is 0 Å². The van der Waals surface area contributed by atoms with Gasteiger partial charge < -0.3 is 15.5 Å². The number of carboxylic acids is 2. The van der Waals surface area contributed by atoms with Crippen LogP contribution in [0.15, 0.2) is 30.3 Å². The lowest BCUT2D eigenvalue weighted by Gasteiger charge is -2.14. The minimum atomic E-state index is -0.796. The fourth-order valence-corrected chi connectivity index (χ4v) is 2.84. The molecule has 1 aromatic carbocycles. The first-order valence-corrected chi connectivity index (χ1v) is 9.31. The molecule has 0 aliphatic carbocycles. The summed E-state index contributed by atoms with van der Waals surface area (Å²) in [7, 11) is 0. The van der Waals surface area contributed by atoms with Crippen molar-refractivity contribution in [3.05, 3.63) is 35.9 Å². The summed E-state index contributed by atoms with van der Waals surface area (Å²) >= 11 is 0. The first-order valence-electron chi connectivity index (χ1n) is 9.31. The highest BCUT2D eigenvalue weighted by Crippen LogP contribution is 2.09. The molecule has 1 rings (SSSR count). The predicted octanol–water partition coefficient (Wildman–Crippen LogP) is 4.45. The molecule has 148 valence electrons. The molecule has 6 heteroatoms. The maximum atomic E-state index is 11.3. The van der Waals surface area contributed by atoms with Gasteiger partial charge in [-0.3, -0.25) is 9.59 Å². The molecular weight excluding hydrogens is 398 g/mol. The monoisotopic (exact) mass is 429 g/mol. The second kappa shape index (κ2) is 15.8. The summed E-state index contributed by atoms with van der Waals surface area (Å²) in [6, 6.07) is 9.90. The summed E-state index contributed by atoms with van der Waals surface area (Å²) in [4.78, 5) is 21.7. The van der Waals surface area contributed by atoms with Gasteiger partial charge in [-0.2, -0.15) is 0 Å². The number of aryl methyl sites for hydroxylation is 1. The normalized spacial score (nSPS) is 11.5. The molecule has 0 heterocycles. The number of rotatable bonds is 15.